The molecule has 3 aromatic carbocycles. The summed E-state index contributed by atoms with van der Waals surface area (Å²) in [5, 5.41) is 6.05. The number of nitrogens with zero attached hydrogens (tertiary/aromatic N) is 2. The van der Waals surface area contributed by atoms with E-state index in [0.717, 1.165) is 19.6 Å². The van der Waals surface area contributed by atoms with Crippen LogP contribution in [0.5, 0.6) is 5.75 Å². The maximum absolute atomic E-state index is 12.9. The predicted molar refractivity (Wildman–Crippen MR) is 134 cm³/mol. The van der Waals surface area contributed by atoms with Crippen LogP contribution in [0.2, 0.25) is 5.02 Å². The molecule has 1 saturated heterocycles. The van der Waals surface area contributed by atoms with Crippen LogP contribution in [0.4, 0.5) is 17.1 Å². The summed E-state index contributed by atoms with van der Waals surface area (Å²) in [6.45, 7) is 4.94. The molecule has 0 spiro atoms. The van der Waals surface area contributed by atoms with Gasteiger partial charge in [-0.25, -0.2) is 0 Å². The van der Waals surface area contributed by atoms with Gasteiger partial charge in [0, 0.05) is 44.3 Å². The highest BCUT2D eigenvalue weighted by Gasteiger charge is 2.28. The second-order valence-corrected chi connectivity index (χ2v) is 8.81. The summed E-state index contributed by atoms with van der Waals surface area (Å²) in [7, 11) is 1.57. The van der Waals surface area contributed by atoms with Crippen molar-refractivity contribution in [2.24, 2.45) is 0 Å². The monoisotopic (exact) mass is 482 g/mol. The third-order valence-corrected chi connectivity index (χ3v) is 6.23. The van der Waals surface area contributed by atoms with Gasteiger partial charge in [-0.2, -0.15) is 0 Å². The van der Waals surface area contributed by atoms with E-state index in [1.165, 1.54) is 5.56 Å². The van der Waals surface area contributed by atoms with E-state index in [1.807, 2.05) is 30.0 Å². The predicted octanol–water partition coefficient (Wildman–Crippen LogP) is 2.83. The summed E-state index contributed by atoms with van der Waals surface area (Å²) in [4.78, 5) is 40.7. The van der Waals surface area contributed by atoms with Gasteiger partial charge in [-0.3, -0.25) is 19.3 Å². The molecule has 0 aliphatic carbocycles. The topological polar surface area (TPSA) is 91.0 Å². The van der Waals surface area contributed by atoms with Gasteiger partial charge in [0.2, 0.25) is 0 Å². The van der Waals surface area contributed by atoms with Gasteiger partial charge < -0.3 is 20.3 Å². The molecule has 8 nitrogen and oxygen atoms in total. The molecule has 0 saturated carbocycles. The molecule has 2 N–H and O–H groups in total. The Balaban J connectivity index is 1.37. The van der Waals surface area contributed by atoms with E-state index in [9.17, 15) is 14.4 Å². The molecular weight excluding hydrogens is 456 g/mol. The molecule has 178 valence electrons. The highest BCUT2D eigenvalue weighted by atomic mass is 35.5. The Hall–Kier alpha value is -3.36. The maximum atomic E-state index is 12.9. The van der Waals surface area contributed by atoms with Gasteiger partial charge in [0.25, 0.3) is 16.8 Å². The number of benzene rings is 2. The zero-order valence-corrected chi connectivity index (χ0v) is 19.9. The van der Waals surface area contributed by atoms with Crippen LogP contribution < -0.4 is 26.2 Å². The number of anilines is 3. The molecule has 0 bridgehead atoms. The molecule has 1 aliphatic heterocycles. The number of carbonyl (C=O) groups is 1. The number of amides is 1. The van der Waals surface area contributed by atoms with Crippen molar-refractivity contribution in [3.05, 3.63) is 79.6 Å². The molecule has 1 heterocycles. The molecule has 0 aromatic heterocycles. The number of hydrogen-bond donors (Lipinski definition) is 2. The number of carbonyl (C=O) groups excluding carboxylic acids is 1. The number of nitrogens with one attached hydrogen (secondary N) is 2. The fraction of sp³-hybridized carbons (Fsp3) is 0.320. The average molecular weight is 483 g/mol. The minimum absolute atomic E-state index is 0.0540. The first-order valence-electron chi connectivity index (χ1n) is 11.1. The zero-order valence-electron chi connectivity index (χ0n) is 19.1. The van der Waals surface area contributed by atoms with E-state index in [2.05, 4.69) is 27.7 Å². The molecule has 1 atom stereocenters. The van der Waals surface area contributed by atoms with Crippen molar-refractivity contribution >= 4 is 34.6 Å². The van der Waals surface area contributed by atoms with Crippen LogP contribution in [-0.4, -0.2) is 55.0 Å². The molecule has 1 aliphatic rings. The van der Waals surface area contributed by atoms with Gasteiger partial charge in [0.1, 0.15) is 17.1 Å². The summed E-state index contributed by atoms with van der Waals surface area (Å²) in [5.41, 5.74) is 0.815. The second-order valence-electron chi connectivity index (χ2n) is 8.37. The molecule has 4 rings (SSSR count). The first kappa shape index (κ1) is 23.8. The first-order valence-corrected chi connectivity index (χ1v) is 11.5. The van der Waals surface area contributed by atoms with Gasteiger partial charge in [-0.1, -0.05) is 41.9 Å². The summed E-state index contributed by atoms with van der Waals surface area (Å²) in [6, 6.07) is 15.2. The Labute approximate surface area is 202 Å². The Bertz CT molecular complexity index is 1240. The Morgan fingerprint density at radius 3 is 2.53 bits per heavy atom. The number of rotatable bonds is 8. The lowest BCUT2D eigenvalue weighted by Gasteiger charge is -2.39. The van der Waals surface area contributed by atoms with Crippen LogP contribution in [0.1, 0.15) is 12.5 Å². The molecule has 1 fully saturated rings. The molecular formula is C25H27ClN4O4. The number of ether oxygens (including phenoxy) is 1. The van der Waals surface area contributed by atoms with E-state index < -0.39 is 10.9 Å². The Morgan fingerprint density at radius 2 is 1.82 bits per heavy atom. The molecule has 1 amide bonds. The average Bonchev–Trinajstić information content (AvgIpc) is 2.83. The second kappa shape index (κ2) is 10.3. The minimum atomic E-state index is -0.617. The van der Waals surface area contributed by atoms with E-state index in [0.29, 0.717) is 23.0 Å². The standard InChI is InChI=1S/C25H27ClN4O4/c1-16-13-29(14-17-6-4-3-5-7-17)10-11-30(16)21(31)15-34-20-9-8-18(26)12-19(20)28-23-22(27-2)24(32)25(23)33/h3-9,12,16,27-28H,10-11,13-15H2,1-2H3/t16-/m1/s1. The van der Waals surface area contributed by atoms with E-state index >= 15 is 0 Å². The largest absolute Gasteiger partial charge is 0.482 e. The van der Waals surface area contributed by atoms with Crippen molar-refractivity contribution in [1.29, 1.82) is 0 Å². The van der Waals surface area contributed by atoms with Gasteiger partial charge in [-0.05, 0) is 30.7 Å². The lowest BCUT2D eigenvalue weighted by Crippen LogP contribution is -2.54. The lowest BCUT2D eigenvalue weighted by molar-refractivity contribution is -0.137. The summed E-state index contributed by atoms with van der Waals surface area (Å²) >= 11 is 6.11. The summed E-state index contributed by atoms with van der Waals surface area (Å²) < 4.78 is 5.81. The fourth-order valence-corrected chi connectivity index (χ4v) is 4.39. The van der Waals surface area contributed by atoms with Crippen molar-refractivity contribution in [3.8, 4) is 5.75 Å². The van der Waals surface area contributed by atoms with Crippen molar-refractivity contribution in [2.45, 2.75) is 19.5 Å². The van der Waals surface area contributed by atoms with Gasteiger partial charge in [0.15, 0.2) is 6.61 Å². The smallest absolute Gasteiger partial charge is 0.260 e. The van der Waals surface area contributed by atoms with Crippen LogP contribution in [0, 0.1) is 0 Å². The van der Waals surface area contributed by atoms with Gasteiger partial charge >= 0.3 is 0 Å². The fourth-order valence-electron chi connectivity index (χ4n) is 4.22. The summed E-state index contributed by atoms with van der Waals surface area (Å²) in [6.07, 6.45) is 0. The third-order valence-electron chi connectivity index (χ3n) is 5.99. The number of piperazine rings is 1. The van der Waals surface area contributed by atoms with Crippen LogP contribution in [0.3, 0.4) is 0 Å². The maximum Gasteiger partial charge on any atom is 0.260 e. The van der Waals surface area contributed by atoms with Crippen molar-refractivity contribution in [2.75, 3.05) is 43.9 Å². The first-order chi connectivity index (χ1) is 16.4. The van der Waals surface area contributed by atoms with E-state index in [1.54, 1.807) is 25.2 Å². The minimum Gasteiger partial charge on any atom is -0.482 e. The quantitative estimate of drug-likeness (QED) is 0.477. The van der Waals surface area contributed by atoms with Gasteiger partial charge in [0.05, 0.1) is 5.69 Å². The van der Waals surface area contributed by atoms with E-state index in [4.69, 9.17) is 16.3 Å². The molecule has 0 radical (unpaired) electrons. The summed E-state index contributed by atoms with van der Waals surface area (Å²) in [5.74, 6) is 0.251. The molecule has 0 unspecified atom stereocenters. The number of hydrogen-bond acceptors (Lipinski definition) is 7. The van der Waals surface area contributed by atoms with Crippen molar-refractivity contribution < 1.29 is 9.53 Å². The van der Waals surface area contributed by atoms with Crippen LogP contribution in [0.25, 0.3) is 0 Å². The zero-order chi connectivity index (χ0) is 24.2. The van der Waals surface area contributed by atoms with E-state index in [-0.39, 0.29) is 29.9 Å². The molecule has 9 heteroatoms. The lowest BCUT2D eigenvalue weighted by atomic mass is 10.1. The van der Waals surface area contributed by atoms with Crippen LogP contribution >= 0.6 is 11.6 Å². The van der Waals surface area contributed by atoms with Gasteiger partial charge in [-0.15, -0.1) is 0 Å². The number of halogens is 1. The van der Waals surface area contributed by atoms with Crippen molar-refractivity contribution in [3.63, 3.8) is 0 Å². The highest BCUT2D eigenvalue weighted by molar-refractivity contribution is 6.31. The Morgan fingerprint density at radius 1 is 1.09 bits per heavy atom. The van der Waals surface area contributed by atoms with Crippen molar-refractivity contribution in [1.82, 2.24) is 9.80 Å². The third kappa shape index (κ3) is 5.08. The Kier molecular flexibility index (Phi) is 7.19. The molecule has 3 aromatic rings. The van der Waals surface area contributed by atoms with Crippen LogP contribution in [0.15, 0.2) is 58.1 Å². The normalized spacial score (nSPS) is 16.4. The highest BCUT2D eigenvalue weighted by Crippen LogP contribution is 2.32. The SMILES string of the molecule is CNc1c(Nc2cc(Cl)ccc2OCC(=O)N2CCN(Cc3ccccc3)C[C@H]2C)c(=O)c1=O. The molecule has 34 heavy (non-hydrogen) atoms. The van der Waals surface area contributed by atoms with Crippen LogP contribution in [-0.2, 0) is 11.3 Å².